The molecule has 1 nitrogen and oxygen atoms in total. The molecular weight excluding hydrogens is 260 g/mol. The Kier molecular flexibility index (Phi) is 5.54. The van der Waals surface area contributed by atoms with Crippen molar-refractivity contribution in [3.05, 3.63) is 28.0 Å². The first-order chi connectivity index (χ1) is 7.90. The third kappa shape index (κ3) is 4.72. The molecule has 1 N–H and O–H groups in total. The van der Waals surface area contributed by atoms with Gasteiger partial charge >= 0.3 is 0 Å². The predicted octanol–water partition coefficient (Wildman–Crippen LogP) is 5.37. The number of halogens is 3. The highest BCUT2D eigenvalue weighted by molar-refractivity contribution is 6.39. The number of anilines is 1. The van der Waals surface area contributed by atoms with Gasteiger partial charge < -0.3 is 5.32 Å². The lowest BCUT2D eigenvalue weighted by Crippen LogP contribution is -2.16. The minimum atomic E-state index is -0.416. The lowest BCUT2D eigenvalue weighted by atomic mass is 10.0. The van der Waals surface area contributed by atoms with Gasteiger partial charge in [0.25, 0.3) is 0 Å². The van der Waals surface area contributed by atoms with Gasteiger partial charge in [-0.2, -0.15) is 0 Å². The first-order valence-corrected chi connectivity index (χ1v) is 6.56. The summed E-state index contributed by atoms with van der Waals surface area (Å²) in [6.45, 7) is 6.44. The molecule has 1 aromatic rings. The summed E-state index contributed by atoms with van der Waals surface area (Å²) in [7, 11) is 0. The quantitative estimate of drug-likeness (QED) is 0.763. The van der Waals surface area contributed by atoms with Gasteiger partial charge in [0.05, 0.1) is 15.7 Å². The Labute approximate surface area is 112 Å². The molecule has 96 valence electrons. The zero-order chi connectivity index (χ0) is 13.0. The van der Waals surface area contributed by atoms with E-state index in [0.29, 0.717) is 21.7 Å². The average molecular weight is 278 g/mol. The van der Waals surface area contributed by atoms with Crippen LogP contribution < -0.4 is 5.32 Å². The molecule has 1 unspecified atom stereocenters. The fraction of sp³-hybridized carbons (Fsp3) is 0.538. The van der Waals surface area contributed by atoms with Gasteiger partial charge in [-0.25, -0.2) is 4.39 Å². The summed E-state index contributed by atoms with van der Waals surface area (Å²) in [4.78, 5) is 0. The Morgan fingerprint density at radius 1 is 1.12 bits per heavy atom. The van der Waals surface area contributed by atoms with Gasteiger partial charge in [0.1, 0.15) is 5.82 Å². The average Bonchev–Trinajstić information content (AvgIpc) is 2.20. The van der Waals surface area contributed by atoms with Gasteiger partial charge in [0.15, 0.2) is 0 Å². The molecule has 0 bridgehead atoms. The molecule has 17 heavy (non-hydrogen) atoms. The van der Waals surface area contributed by atoms with Crippen LogP contribution in [0.4, 0.5) is 10.1 Å². The van der Waals surface area contributed by atoms with E-state index < -0.39 is 5.82 Å². The molecule has 0 aliphatic heterocycles. The molecule has 0 saturated heterocycles. The van der Waals surface area contributed by atoms with E-state index in [9.17, 15) is 4.39 Å². The van der Waals surface area contributed by atoms with Gasteiger partial charge in [-0.15, -0.1) is 0 Å². The molecular formula is C13H18Cl2FN. The van der Waals surface area contributed by atoms with Gasteiger partial charge in [0.2, 0.25) is 0 Å². The molecule has 1 atom stereocenters. The van der Waals surface area contributed by atoms with Gasteiger partial charge in [-0.05, 0) is 37.8 Å². The Hall–Kier alpha value is -0.470. The van der Waals surface area contributed by atoms with Crippen LogP contribution in [0.2, 0.25) is 10.0 Å². The number of rotatable bonds is 5. The number of benzene rings is 1. The van der Waals surface area contributed by atoms with Crippen molar-refractivity contribution in [3.8, 4) is 0 Å². The van der Waals surface area contributed by atoms with E-state index in [2.05, 4.69) is 26.1 Å². The van der Waals surface area contributed by atoms with E-state index in [4.69, 9.17) is 23.2 Å². The third-order valence-corrected chi connectivity index (χ3v) is 3.17. The van der Waals surface area contributed by atoms with Gasteiger partial charge in [0, 0.05) is 6.04 Å². The number of hydrogen-bond acceptors (Lipinski definition) is 1. The molecule has 0 saturated carbocycles. The van der Waals surface area contributed by atoms with Crippen molar-refractivity contribution in [2.24, 2.45) is 5.92 Å². The van der Waals surface area contributed by atoms with E-state index >= 15 is 0 Å². The van der Waals surface area contributed by atoms with Crippen molar-refractivity contribution in [2.75, 3.05) is 5.32 Å². The topological polar surface area (TPSA) is 12.0 Å². The minimum Gasteiger partial charge on any atom is -0.380 e. The molecule has 1 rings (SSSR count). The maximum atomic E-state index is 13.0. The Morgan fingerprint density at radius 2 is 1.65 bits per heavy atom. The Bertz CT molecular complexity index is 357. The summed E-state index contributed by atoms with van der Waals surface area (Å²) in [5.41, 5.74) is 0.617. The van der Waals surface area contributed by atoms with Crippen molar-refractivity contribution < 1.29 is 4.39 Å². The second-order valence-corrected chi connectivity index (χ2v) is 5.58. The zero-order valence-corrected chi connectivity index (χ0v) is 11.9. The fourth-order valence-corrected chi connectivity index (χ4v) is 2.15. The van der Waals surface area contributed by atoms with E-state index in [1.807, 2.05) is 0 Å². The molecule has 0 fully saturated rings. The molecule has 0 aliphatic carbocycles. The first-order valence-electron chi connectivity index (χ1n) is 5.81. The summed E-state index contributed by atoms with van der Waals surface area (Å²) >= 11 is 11.9. The monoisotopic (exact) mass is 277 g/mol. The maximum absolute atomic E-state index is 13.0. The minimum absolute atomic E-state index is 0.262. The fourth-order valence-electron chi connectivity index (χ4n) is 1.58. The van der Waals surface area contributed by atoms with E-state index in [0.717, 1.165) is 12.8 Å². The van der Waals surface area contributed by atoms with Crippen molar-refractivity contribution in [3.63, 3.8) is 0 Å². The van der Waals surface area contributed by atoms with Crippen LogP contribution in [0.1, 0.15) is 33.6 Å². The summed E-state index contributed by atoms with van der Waals surface area (Å²) in [6, 6.07) is 2.80. The van der Waals surface area contributed by atoms with E-state index in [1.165, 1.54) is 12.1 Å². The van der Waals surface area contributed by atoms with Crippen LogP contribution in [0.3, 0.4) is 0 Å². The highest BCUT2D eigenvalue weighted by Crippen LogP contribution is 2.32. The number of hydrogen-bond donors (Lipinski definition) is 1. The van der Waals surface area contributed by atoms with Crippen LogP contribution in [0.5, 0.6) is 0 Å². The SMILES string of the molecule is CC(C)CCC(C)Nc1c(Cl)cc(F)cc1Cl. The third-order valence-electron chi connectivity index (χ3n) is 2.57. The van der Waals surface area contributed by atoms with Crippen LogP contribution >= 0.6 is 23.2 Å². The Morgan fingerprint density at radius 3 is 2.12 bits per heavy atom. The second-order valence-electron chi connectivity index (χ2n) is 4.76. The molecule has 0 spiro atoms. The van der Waals surface area contributed by atoms with Crippen molar-refractivity contribution >= 4 is 28.9 Å². The van der Waals surface area contributed by atoms with Crippen LogP contribution in [0.25, 0.3) is 0 Å². The normalized spacial score (nSPS) is 12.9. The summed E-state index contributed by atoms with van der Waals surface area (Å²) < 4.78 is 13.0. The smallest absolute Gasteiger partial charge is 0.126 e. The summed E-state index contributed by atoms with van der Waals surface area (Å²) in [6.07, 6.45) is 2.16. The maximum Gasteiger partial charge on any atom is 0.126 e. The molecule has 0 radical (unpaired) electrons. The molecule has 0 heterocycles. The molecule has 4 heteroatoms. The highest BCUT2D eigenvalue weighted by atomic mass is 35.5. The van der Waals surface area contributed by atoms with Crippen LogP contribution in [0, 0.1) is 11.7 Å². The Balaban J connectivity index is 2.68. The van der Waals surface area contributed by atoms with Crippen LogP contribution in [-0.2, 0) is 0 Å². The van der Waals surface area contributed by atoms with Crippen LogP contribution in [-0.4, -0.2) is 6.04 Å². The van der Waals surface area contributed by atoms with Crippen molar-refractivity contribution in [1.82, 2.24) is 0 Å². The molecule has 1 aromatic carbocycles. The van der Waals surface area contributed by atoms with Gasteiger partial charge in [-0.3, -0.25) is 0 Å². The number of nitrogens with one attached hydrogen (secondary N) is 1. The summed E-state index contributed by atoms with van der Waals surface area (Å²) in [5, 5.41) is 3.88. The molecule has 0 aliphatic rings. The zero-order valence-electron chi connectivity index (χ0n) is 10.4. The van der Waals surface area contributed by atoms with Gasteiger partial charge in [-0.1, -0.05) is 37.0 Å². The standard InChI is InChI=1S/C13H18Cl2FN/c1-8(2)4-5-9(3)17-13-11(14)6-10(16)7-12(13)15/h6-9,17H,4-5H2,1-3H3. The largest absolute Gasteiger partial charge is 0.380 e. The lowest BCUT2D eigenvalue weighted by Gasteiger charge is -2.18. The lowest BCUT2D eigenvalue weighted by molar-refractivity contribution is 0.527. The van der Waals surface area contributed by atoms with Crippen LogP contribution in [0.15, 0.2) is 12.1 Å². The highest BCUT2D eigenvalue weighted by Gasteiger charge is 2.11. The summed E-state index contributed by atoms with van der Waals surface area (Å²) in [5.74, 6) is 0.249. The predicted molar refractivity (Wildman–Crippen MR) is 73.6 cm³/mol. The van der Waals surface area contributed by atoms with E-state index in [1.54, 1.807) is 0 Å². The second kappa shape index (κ2) is 6.46. The molecule has 0 aromatic heterocycles. The van der Waals surface area contributed by atoms with Crippen molar-refractivity contribution in [2.45, 2.75) is 39.7 Å². The first kappa shape index (κ1) is 14.6. The molecule has 0 amide bonds. The van der Waals surface area contributed by atoms with Crippen molar-refractivity contribution in [1.29, 1.82) is 0 Å². The van der Waals surface area contributed by atoms with E-state index in [-0.39, 0.29) is 6.04 Å².